The molecule has 2 nitrogen and oxygen atoms in total. The smallest absolute Gasteiger partial charge is 0.179 e. The highest BCUT2D eigenvalue weighted by atomic mass is 31.2. The summed E-state index contributed by atoms with van der Waals surface area (Å²) in [4.78, 5) is 0. The van der Waals surface area contributed by atoms with Crippen molar-refractivity contribution in [2.45, 2.75) is 0 Å². The number of halogens is 4. The second kappa shape index (κ2) is 15.6. The molecule has 0 N–H and O–H groups in total. The predicted molar refractivity (Wildman–Crippen MR) is 229 cm³/mol. The zero-order chi connectivity index (χ0) is 39.6. The van der Waals surface area contributed by atoms with Crippen molar-refractivity contribution in [1.82, 2.24) is 0 Å². The fourth-order valence-electron chi connectivity index (χ4n) is 7.72. The van der Waals surface area contributed by atoms with Crippen LogP contribution in [0.4, 0.5) is 17.6 Å². The molecule has 8 aromatic rings. The Labute approximate surface area is 329 Å². The highest BCUT2D eigenvalue weighted by Crippen LogP contribution is 2.43. The third-order valence-corrected chi connectivity index (χ3v) is 21.5. The molecule has 0 spiro atoms. The minimum Gasteiger partial charge on any atom is -0.309 e. The molecule has 9 heteroatoms. The van der Waals surface area contributed by atoms with Gasteiger partial charge < -0.3 is 9.13 Å². The molecule has 8 aromatic carbocycles. The highest BCUT2D eigenvalue weighted by molar-refractivity contribution is 7.85. The normalized spacial score (nSPS) is 12.0. The maximum Gasteiger partial charge on any atom is 0.179 e. The molecule has 0 saturated carbocycles. The summed E-state index contributed by atoms with van der Waals surface area (Å²) in [5.74, 6) is -1.84. The topological polar surface area (TPSA) is 34.1 Å². The van der Waals surface area contributed by atoms with Gasteiger partial charge in [-0.2, -0.15) is 0 Å². The molecule has 0 radical (unpaired) electrons. The minimum absolute atomic E-state index is 0.417. The van der Waals surface area contributed by atoms with Crippen molar-refractivity contribution in [2.24, 2.45) is 0 Å². The van der Waals surface area contributed by atoms with Crippen molar-refractivity contribution in [3.63, 3.8) is 0 Å². The van der Waals surface area contributed by atoms with Gasteiger partial charge in [0.15, 0.2) is 22.4 Å². The van der Waals surface area contributed by atoms with Crippen LogP contribution in [-0.4, -0.2) is 8.07 Å². The van der Waals surface area contributed by atoms with E-state index in [0.29, 0.717) is 31.8 Å². The summed E-state index contributed by atoms with van der Waals surface area (Å²) in [7, 11) is -10.4. The second-order valence-electron chi connectivity index (χ2n) is 13.7. The minimum atomic E-state index is -3.59. The van der Waals surface area contributed by atoms with Crippen molar-refractivity contribution in [2.75, 3.05) is 0 Å². The predicted octanol–water partition coefficient (Wildman–Crippen LogP) is 6.90. The SMILES string of the molecule is O=P(c1ccc(F)cc1)(c1ccc(F)cc1)c1ccc([Si](c2ccccc2)(c2ccccc2)c2ccc(P(=O)(c3ccc(F)cc3)c3ccc(F)cc3)cc2)cc1. The third-order valence-electron chi connectivity index (χ3n) is 10.5. The van der Waals surface area contributed by atoms with Crippen LogP contribution >= 0.6 is 14.3 Å². The summed E-state index contributed by atoms with van der Waals surface area (Å²) in [5, 5.41) is 6.75. The molecule has 0 saturated heterocycles. The molecule has 0 atom stereocenters. The summed E-state index contributed by atoms with van der Waals surface area (Å²) < 4.78 is 87.1. The average molecular weight is 809 g/mol. The molecular weight excluding hydrogens is 775 g/mol. The van der Waals surface area contributed by atoms with Gasteiger partial charge in [-0.15, -0.1) is 0 Å². The first-order valence-corrected chi connectivity index (χ1v) is 23.6. The summed E-state index contributed by atoms with van der Waals surface area (Å²) in [6.45, 7) is 0. The molecule has 0 heterocycles. The highest BCUT2D eigenvalue weighted by Gasteiger charge is 2.42. The lowest BCUT2D eigenvalue weighted by molar-refractivity contribution is 0.591. The first-order valence-electron chi connectivity index (χ1n) is 18.2. The van der Waals surface area contributed by atoms with E-state index in [1.165, 1.54) is 97.1 Å². The van der Waals surface area contributed by atoms with Gasteiger partial charge in [0, 0.05) is 31.8 Å². The van der Waals surface area contributed by atoms with E-state index in [-0.39, 0.29) is 0 Å². The van der Waals surface area contributed by atoms with Crippen molar-refractivity contribution >= 4 is 74.9 Å². The number of hydrogen-bond donors (Lipinski definition) is 0. The average Bonchev–Trinajstić information content (AvgIpc) is 3.26. The number of rotatable bonds is 10. The molecule has 0 bridgehead atoms. The van der Waals surface area contributed by atoms with Crippen molar-refractivity contribution in [1.29, 1.82) is 0 Å². The van der Waals surface area contributed by atoms with E-state index in [9.17, 15) is 17.6 Å². The summed E-state index contributed by atoms with van der Waals surface area (Å²) in [5.41, 5.74) is 0. The lowest BCUT2D eigenvalue weighted by Crippen LogP contribution is -2.74. The van der Waals surface area contributed by atoms with E-state index < -0.39 is 45.6 Å². The third kappa shape index (κ3) is 6.87. The van der Waals surface area contributed by atoms with Crippen LogP contribution < -0.4 is 52.6 Å². The molecule has 8 rings (SSSR count). The van der Waals surface area contributed by atoms with E-state index in [2.05, 4.69) is 24.3 Å². The largest absolute Gasteiger partial charge is 0.309 e. The monoisotopic (exact) mass is 808 g/mol. The molecule has 0 aliphatic carbocycles. The first-order chi connectivity index (χ1) is 27.6. The van der Waals surface area contributed by atoms with Crippen LogP contribution in [0.15, 0.2) is 206 Å². The van der Waals surface area contributed by atoms with Gasteiger partial charge in [0.2, 0.25) is 0 Å². The van der Waals surface area contributed by atoms with E-state index in [1.54, 1.807) is 0 Å². The Kier molecular flexibility index (Phi) is 10.4. The van der Waals surface area contributed by atoms with Crippen LogP contribution in [0.5, 0.6) is 0 Å². The van der Waals surface area contributed by atoms with E-state index in [0.717, 1.165) is 20.7 Å². The molecule has 57 heavy (non-hydrogen) atoms. The van der Waals surface area contributed by atoms with Crippen LogP contribution in [0.25, 0.3) is 0 Å². The van der Waals surface area contributed by atoms with E-state index in [1.807, 2.05) is 84.9 Å². The van der Waals surface area contributed by atoms with Gasteiger partial charge in [-0.3, -0.25) is 0 Å². The van der Waals surface area contributed by atoms with Crippen molar-refractivity contribution in [3.8, 4) is 0 Å². The van der Waals surface area contributed by atoms with Crippen LogP contribution in [0.1, 0.15) is 0 Å². The molecular formula is C48H34F4O2P2Si. The fraction of sp³-hybridized carbons (Fsp3) is 0. The Morgan fingerprint density at radius 3 is 0.684 bits per heavy atom. The fourth-order valence-corrected chi connectivity index (χ4v) is 17.6. The van der Waals surface area contributed by atoms with Gasteiger partial charge in [0.25, 0.3) is 0 Å². The lowest BCUT2D eigenvalue weighted by Gasteiger charge is -2.35. The Bertz CT molecular complexity index is 2440. The quantitative estimate of drug-likeness (QED) is 0.0653. The zero-order valence-corrected chi connectivity index (χ0v) is 33.1. The standard InChI is InChI=1S/C48H34F4O2P2Si/c49-35-11-19-39(20-12-35)55(53,40-21-13-36(50)14-22-40)43-27-31-47(32-28-43)57(45-7-3-1-4-8-45,46-9-5-2-6-10-46)48-33-29-44(30-34-48)56(54,41-23-15-37(51)16-24-41)42-25-17-38(52)18-26-42/h1-34H. The van der Waals surface area contributed by atoms with Crippen LogP contribution in [0, 0.1) is 23.3 Å². The molecule has 0 amide bonds. The molecule has 0 aromatic heterocycles. The lowest BCUT2D eigenvalue weighted by atomic mass is 10.3. The van der Waals surface area contributed by atoms with Gasteiger partial charge >= 0.3 is 0 Å². The first kappa shape index (κ1) is 38.1. The summed E-state index contributed by atoms with van der Waals surface area (Å²) in [6.07, 6.45) is 0. The van der Waals surface area contributed by atoms with Crippen LogP contribution in [0.2, 0.25) is 0 Å². The van der Waals surface area contributed by atoms with Gasteiger partial charge in [-0.1, -0.05) is 109 Å². The van der Waals surface area contributed by atoms with Crippen molar-refractivity contribution < 1.29 is 26.7 Å². The Hall–Kier alpha value is -5.84. The maximum atomic E-state index is 15.3. The molecule has 280 valence electrons. The Morgan fingerprint density at radius 1 is 0.263 bits per heavy atom. The maximum absolute atomic E-state index is 15.3. The van der Waals surface area contributed by atoms with Crippen LogP contribution in [-0.2, 0) is 9.13 Å². The van der Waals surface area contributed by atoms with Gasteiger partial charge in [-0.25, -0.2) is 17.6 Å². The Morgan fingerprint density at radius 2 is 0.456 bits per heavy atom. The van der Waals surface area contributed by atoms with Gasteiger partial charge in [0.05, 0.1) is 0 Å². The van der Waals surface area contributed by atoms with Crippen molar-refractivity contribution in [3.05, 3.63) is 230 Å². The Balaban J connectivity index is 1.33. The van der Waals surface area contributed by atoms with E-state index in [4.69, 9.17) is 0 Å². The van der Waals surface area contributed by atoms with Gasteiger partial charge in [-0.05, 0) is 118 Å². The summed E-state index contributed by atoms with van der Waals surface area (Å²) in [6, 6.07) is 58.0. The van der Waals surface area contributed by atoms with E-state index >= 15 is 9.13 Å². The zero-order valence-electron chi connectivity index (χ0n) is 30.4. The molecule has 0 aliphatic heterocycles. The molecule has 0 unspecified atom stereocenters. The second-order valence-corrected chi connectivity index (χ2v) is 23.0. The summed E-state index contributed by atoms with van der Waals surface area (Å²) >= 11 is 0. The van der Waals surface area contributed by atoms with Gasteiger partial charge in [0.1, 0.15) is 23.3 Å². The number of benzene rings is 8. The molecule has 0 aliphatic rings. The number of hydrogen-bond acceptors (Lipinski definition) is 2. The van der Waals surface area contributed by atoms with Crippen LogP contribution in [0.3, 0.4) is 0 Å². The molecule has 0 fully saturated rings.